The lowest BCUT2D eigenvalue weighted by molar-refractivity contribution is -0.137. The maximum absolute atomic E-state index is 10.4. The molecule has 0 aromatic rings. The van der Waals surface area contributed by atoms with E-state index < -0.39 is 5.97 Å². The SMILES string of the molecule is C=COC(C)=O.CC(C)CCCCCCCCCCCCCCCCC(=O)O. The van der Waals surface area contributed by atoms with E-state index in [4.69, 9.17) is 5.11 Å². The van der Waals surface area contributed by atoms with Crippen LogP contribution in [-0.4, -0.2) is 17.0 Å². The number of esters is 1. The second kappa shape index (κ2) is 23.7. The summed E-state index contributed by atoms with van der Waals surface area (Å²) in [6.45, 7) is 9.11. The fourth-order valence-electron chi connectivity index (χ4n) is 3.07. The Hall–Kier alpha value is -1.32. The minimum atomic E-state index is -0.653. The highest BCUT2D eigenvalue weighted by Crippen LogP contribution is 2.14. The third kappa shape index (κ3) is 32.4. The number of carbonyl (C=O) groups is 2. The molecule has 0 spiro atoms. The van der Waals surface area contributed by atoms with Crippen LogP contribution in [0.3, 0.4) is 0 Å². The molecule has 0 fully saturated rings. The van der Waals surface area contributed by atoms with Gasteiger partial charge in [0.25, 0.3) is 0 Å². The van der Waals surface area contributed by atoms with Gasteiger partial charge in [0.2, 0.25) is 0 Å². The van der Waals surface area contributed by atoms with Crippen molar-refractivity contribution in [2.75, 3.05) is 0 Å². The number of unbranched alkanes of at least 4 members (excludes halogenated alkanes) is 13. The number of rotatable bonds is 18. The monoisotopic (exact) mass is 398 g/mol. The molecule has 0 aromatic carbocycles. The van der Waals surface area contributed by atoms with Crippen molar-refractivity contribution in [1.82, 2.24) is 0 Å². The minimum absolute atomic E-state index is 0.329. The molecular formula is C24H46O4. The van der Waals surface area contributed by atoms with Crippen molar-refractivity contribution in [3.63, 3.8) is 0 Å². The molecule has 4 nitrogen and oxygen atoms in total. The predicted octanol–water partition coefficient (Wildman–Crippen LogP) is 7.66. The summed E-state index contributed by atoms with van der Waals surface area (Å²) in [4.78, 5) is 20.1. The molecule has 28 heavy (non-hydrogen) atoms. The molecule has 0 saturated carbocycles. The Morgan fingerprint density at radius 3 is 1.39 bits per heavy atom. The molecule has 0 bridgehead atoms. The van der Waals surface area contributed by atoms with Gasteiger partial charge in [0.1, 0.15) is 0 Å². The average Bonchev–Trinajstić information content (AvgIpc) is 2.61. The van der Waals surface area contributed by atoms with E-state index in [1.165, 1.54) is 90.4 Å². The fourth-order valence-corrected chi connectivity index (χ4v) is 3.07. The highest BCUT2D eigenvalue weighted by Gasteiger charge is 1.97. The molecule has 4 heteroatoms. The highest BCUT2D eigenvalue weighted by molar-refractivity contribution is 5.66. The molecule has 0 aliphatic carbocycles. The Bertz CT molecular complexity index is 364. The lowest BCUT2D eigenvalue weighted by atomic mass is 10.0. The van der Waals surface area contributed by atoms with Crippen molar-refractivity contribution in [3.05, 3.63) is 12.8 Å². The van der Waals surface area contributed by atoms with Gasteiger partial charge in [0.05, 0.1) is 6.26 Å². The number of carboxylic acids is 1. The number of hydrogen-bond acceptors (Lipinski definition) is 3. The molecule has 0 aliphatic heterocycles. The summed E-state index contributed by atoms with van der Waals surface area (Å²) in [7, 11) is 0. The summed E-state index contributed by atoms with van der Waals surface area (Å²) in [5.41, 5.74) is 0. The number of carbonyl (C=O) groups excluding carboxylic acids is 1. The van der Waals surface area contributed by atoms with Crippen LogP contribution in [0.5, 0.6) is 0 Å². The molecule has 0 heterocycles. The van der Waals surface area contributed by atoms with Crippen molar-refractivity contribution in [1.29, 1.82) is 0 Å². The van der Waals surface area contributed by atoms with E-state index in [0.29, 0.717) is 6.42 Å². The van der Waals surface area contributed by atoms with Gasteiger partial charge in [-0.05, 0) is 12.3 Å². The Balaban J connectivity index is 0. The quantitative estimate of drug-likeness (QED) is 0.146. The van der Waals surface area contributed by atoms with Gasteiger partial charge < -0.3 is 9.84 Å². The van der Waals surface area contributed by atoms with E-state index in [-0.39, 0.29) is 5.97 Å². The van der Waals surface area contributed by atoms with Crippen molar-refractivity contribution in [2.45, 2.75) is 124 Å². The first kappa shape index (κ1) is 28.9. The standard InChI is InChI=1S/C20H40O2.C4H6O2/c1-19(2)17-15-13-11-9-7-5-3-4-6-8-10-12-14-16-18-20(21)22;1-3-6-4(2)5/h19H,3-18H2,1-2H3,(H,21,22);3H,1H2,2H3. The summed E-state index contributed by atoms with van der Waals surface area (Å²) in [6.07, 6.45) is 21.3. The van der Waals surface area contributed by atoms with Crippen molar-refractivity contribution in [2.24, 2.45) is 5.92 Å². The maximum atomic E-state index is 10.4. The maximum Gasteiger partial charge on any atom is 0.307 e. The zero-order chi connectivity index (χ0) is 21.5. The molecule has 0 atom stereocenters. The smallest absolute Gasteiger partial charge is 0.307 e. The van der Waals surface area contributed by atoms with E-state index in [2.05, 4.69) is 25.2 Å². The number of ether oxygens (including phenoxy) is 1. The van der Waals surface area contributed by atoms with Crippen LogP contribution in [0, 0.1) is 5.92 Å². The lowest BCUT2D eigenvalue weighted by Gasteiger charge is -2.05. The third-order valence-corrected chi connectivity index (χ3v) is 4.67. The largest absolute Gasteiger partial charge is 0.481 e. The molecule has 0 unspecified atom stereocenters. The number of carboxylic acid groups (broad SMARTS) is 1. The van der Waals surface area contributed by atoms with E-state index in [1.807, 2.05) is 0 Å². The minimum Gasteiger partial charge on any atom is -0.481 e. The molecule has 0 rings (SSSR count). The van der Waals surface area contributed by atoms with Gasteiger partial charge in [0.15, 0.2) is 0 Å². The Morgan fingerprint density at radius 1 is 0.786 bits per heavy atom. The summed E-state index contributed by atoms with van der Waals surface area (Å²) >= 11 is 0. The fraction of sp³-hybridized carbons (Fsp3) is 0.833. The van der Waals surface area contributed by atoms with Gasteiger partial charge in [-0.15, -0.1) is 0 Å². The molecule has 0 amide bonds. The topological polar surface area (TPSA) is 63.6 Å². The van der Waals surface area contributed by atoms with E-state index in [0.717, 1.165) is 25.0 Å². The third-order valence-electron chi connectivity index (χ3n) is 4.67. The molecule has 166 valence electrons. The molecule has 1 N–H and O–H groups in total. The average molecular weight is 399 g/mol. The second-order valence-electron chi connectivity index (χ2n) is 8.05. The van der Waals surface area contributed by atoms with Gasteiger partial charge >= 0.3 is 11.9 Å². The van der Waals surface area contributed by atoms with Crippen LogP contribution in [0.25, 0.3) is 0 Å². The van der Waals surface area contributed by atoms with Crippen molar-refractivity contribution >= 4 is 11.9 Å². The second-order valence-corrected chi connectivity index (χ2v) is 8.05. The first-order valence-electron chi connectivity index (χ1n) is 11.4. The van der Waals surface area contributed by atoms with Crippen molar-refractivity contribution < 1.29 is 19.4 Å². The van der Waals surface area contributed by atoms with E-state index >= 15 is 0 Å². The van der Waals surface area contributed by atoms with Crippen molar-refractivity contribution in [3.8, 4) is 0 Å². The molecule has 0 aliphatic rings. The lowest BCUT2D eigenvalue weighted by Crippen LogP contribution is -1.93. The van der Waals surface area contributed by atoms with E-state index in [1.54, 1.807) is 0 Å². The van der Waals surface area contributed by atoms with Crippen LogP contribution in [-0.2, 0) is 14.3 Å². The number of aliphatic carboxylic acids is 1. The zero-order valence-corrected chi connectivity index (χ0v) is 18.8. The first-order chi connectivity index (χ1) is 13.4. The van der Waals surface area contributed by atoms with Crippen LogP contribution in [0.1, 0.15) is 124 Å². The highest BCUT2D eigenvalue weighted by atomic mass is 16.5. The predicted molar refractivity (Wildman–Crippen MR) is 118 cm³/mol. The summed E-state index contributed by atoms with van der Waals surface area (Å²) in [5, 5.41) is 8.54. The normalized spacial score (nSPS) is 10.3. The Morgan fingerprint density at radius 2 is 1.14 bits per heavy atom. The van der Waals surface area contributed by atoms with Crippen LogP contribution in [0.2, 0.25) is 0 Å². The zero-order valence-electron chi connectivity index (χ0n) is 18.8. The summed E-state index contributed by atoms with van der Waals surface area (Å²) < 4.78 is 4.17. The Kier molecular flexibility index (Phi) is 24.5. The van der Waals surface area contributed by atoms with Gasteiger partial charge in [-0.3, -0.25) is 9.59 Å². The molecule has 0 saturated heterocycles. The molecular weight excluding hydrogens is 352 g/mol. The summed E-state index contributed by atoms with van der Waals surface area (Å²) in [6, 6.07) is 0. The van der Waals surface area contributed by atoms with Crippen LogP contribution in [0.15, 0.2) is 12.8 Å². The van der Waals surface area contributed by atoms with E-state index in [9.17, 15) is 9.59 Å². The summed E-state index contributed by atoms with van der Waals surface area (Å²) in [5.74, 6) is -0.109. The Labute approximate surface area is 174 Å². The van der Waals surface area contributed by atoms with Gasteiger partial charge in [-0.2, -0.15) is 0 Å². The van der Waals surface area contributed by atoms with Crippen LogP contribution in [0.4, 0.5) is 0 Å². The molecule has 0 aromatic heterocycles. The molecule has 0 radical (unpaired) electrons. The first-order valence-corrected chi connectivity index (χ1v) is 11.4. The van der Waals surface area contributed by atoms with Gasteiger partial charge in [-0.1, -0.05) is 110 Å². The van der Waals surface area contributed by atoms with Crippen LogP contribution < -0.4 is 0 Å². The van der Waals surface area contributed by atoms with Gasteiger partial charge in [0, 0.05) is 13.3 Å². The number of hydrogen-bond donors (Lipinski definition) is 1. The van der Waals surface area contributed by atoms with Crippen LogP contribution >= 0.6 is 0 Å². The van der Waals surface area contributed by atoms with Gasteiger partial charge in [-0.25, -0.2) is 0 Å².